The molecule has 4 aromatic rings. The molecule has 1 saturated carbocycles. The van der Waals surface area contributed by atoms with Crippen LogP contribution >= 0.6 is 11.3 Å². The van der Waals surface area contributed by atoms with E-state index in [0.29, 0.717) is 0 Å². The highest BCUT2D eigenvalue weighted by Crippen LogP contribution is 2.41. The van der Waals surface area contributed by atoms with Crippen molar-refractivity contribution in [1.29, 1.82) is 0 Å². The topological polar surface area (TPSA) is 63.2 Å². The fraction of sp³-hybridized carbons (Fsp3) is 0.348. The number of nitrogens with one attached hydrogen (secondary N) is 1. The molecule has 0 amide bonds. The summed E-state index contributed by atoms with van der Waals surface area (Å²) in [5, 5.41) is 4.52. The van der Waals surface area contributed by atoms with Crippen LogP contribution < -0.4 is 15.0 Å². The van der Waals surface area contributed by atoms with Crippen LogP contribution in [-0.2, 0) is 0 Å². The number of thiophene rings is 1. The molecule has 0 radical (unpaired) electrons. The number of ether oxygens (including phenoxy) is 1. The predicted octanol–water partition coefficient (Wildman–Crippen LogP) is 4.17. The average molecular weight is 418 g/mol. The van der Waals surface area contributed by atoms with E-state index in [9.17, 15) is 0 Å². The van der Waals surface area contributed by atoms with Gasteiger partial charge in [-0.2, -0.15) is 4.98 Å². The summed E-state index contributed by atoms with van der Waals surface area (Å²) in [6.45, 7) is 5.87. The normalized spacial score (nSPS) is 17.0. The number of aryl methyl sites for hydroxylation is 1. The number of aromatic nitrogens is 3. The largest absolute Gasteiger partial charge is 0.473 e. The maximum absolute atomic E-state index is 6.24. The van der Waals surface area contributed by atoms with Crippen molar-refractivity contribution in [2.24, 2.45) is 0 Å². The molecular formula is C23H23N5OS. The lowest BCUT2D eigenvalue weighted by Crippen LogP contribution is -2.44. The molecule has 6 rings (SSSR count). The van der Waals surface area contributed by atoms with Crippen molar-refractivity contribution in [2.45, 2.75) is 25.9 Å². The Hall–Kier alpha value is -2.77. The molecule has 7 heteroatoms. The number of anilines is 1. The van der Waals surface area contributed by atoms with E-state index < -0.39 is 0 Å². The molecule has 0 atom stereocenters. The van der Waals surface area contributed by atoms with Crippen LogP contribution in [0.1, 0.15) is 18.4 Å². The minimum Gasteiger partial charge on any atom is -0.473 e. The number of fused-ring (bicyclic) bond motifs is 3. The molecule has 1 aromatic carbocycles. The second-order valence-electron chi connectivity index (χ2n) is 8.03. The maximum Gasteiger partial charge on any atom is 0.237 e. The lowest BCUT2D eigenvalue weighted by atomic mass is 10.1. The van der Waals surface area contributed by atoms with Crippen LogP contribution in [0, 0.1) is 6.92 Å². The third-order valence-corrected chi connectivity index (χ3v) is 6.77. The van der Waals surface area contributed by atoms with Crippen molar-refractivity contribution in [1.82, 2.24) is 20.3 Å². The minimum atomic E-state index is 0.290. The summed E-state index contributed by atoms with van der Waals surface area (Å²) in [7, 11) is 0. The summed E-state index contributed by atoms with van der Waals surface area (Å²) in [5.74, 6) is 1.49. The van der Waals surface area contributed by atoms with E-state index in [2.05, 4.69) is 35.3 Å². The Kier molecular flexibility index (Phi) is 4.32. The Balaban J connectivity index is 1.55. The third-order valence-electron chi connectivity index (χ3n) is 5.71. The van der Waals surface area contributed by atoms with Crippen LogP contribution in [0.15, 0.2) is 36.4 Å². The van der Waals surface area contributed by atoms with E-state index in [-0.39, 0.29) is 6.10 Å². The fourth-order valence-corrected chi connectivity index (χ4v) is 5.09. The molecule has 0 bridgehead atoms. The summed E-state index contributed by atoms with van der Waals surface area (Å²) in [6.07, 6.45) is 2.50. The van der Waals surface area contributed by atoms with Gasteiger partial charge in [-0.15, -0.1) is 11.3 Å². The summed E-state index contributed by atoms with van der Waals surface area (Å²) in [4.78, 5) is 18.1. The van der Waals surface area contributed by atoms with Gasteiger partial charge in [-0.3, -0.25) is 0 Å². The van der Waals surface area contributed by atoms with E-state index >= 15 is 0 Å². The Bertz CT molecular complexity index is 1230. The molecule has 1 N–H and O–H groups in total. The molecule has 3 aromatic heterocycles. The van der Waals surface area contributed by atoms with Gasteiger partial charge in [-0.05, 0) is 31.4 Å². The van der Waals surface area contributed by atoms with Gasteiger partial charge < -0.3 is 15.0 Å². The molecule has 2 fully saturated rings. The number of pyridine rings is 1. The highest BCUT2D eigenvalue weighted by Gasteiger charge is 2.28. The van der Waals surface area contributed by atoms with Gasteiger partial charge in [0.15, 0.2) is 0 Å². The van der Waals surface area contributed by atoms with Gasteiger partial charge in [-0.1, -0.05) is 30.3 Å². The fourth-order valence-electron chi connectivity index (χ4n) is 3.97. The van der Waals surface area contributed by atoms with Gasteiger partial charge in [0.05, 0.1) is 5.69 Å². The third kappa shape index (κ3) is 3.18. The van der Waals surface area contributed by atoms with Crippen LogP contribution in [-0.4, -0.2) is 47.2 Å². The standard InChI is InChI=1S/C23H23N5OS/c1-14-13-17(15-5-3-2-4-6-15)25-22-18(14)19-20(30-22)21(29-16-7-8-16)27-23(26-19)28-11-9-24-10-12-28/h2-6,13,16,24H,7-12H2,1H3. The average Bonchev–Trinajstić information content (AvgIpc) is 3.52. The Morgan fingerprint density at radius 2 is 1.87 bits per heavy atom. The van der Waals surface area contributed by atoms with Gasteiger partial charge in [0.25, 0.3) is 0 Å². The smallest absolute Gasteiger partial charge is 0.237 e. The zero-order chi connectivity index (χ0) is 20.1. The van der Waals surface area contributed by atoms with Crippen molar-refractivity contribution in [3.8, 4) is 17.1 Å². The van der Waals surface area contributed by atoms with E-state index in [1.54, 1.807) is 11.3 Å². The first-order valence-corrected chi connectivity index (χ1v) is 11.4. The lowest BCUT2D eigenvalue weighted by Gasteiger charge is -2.27. The molecular weight excluding hydrogens is 394 g/mol. The number of piperazine rings is 1. The first-order chi connectivity index (χ1) is 14.8. The molecule has 0 spiro atoms. The van der Waals surface area contributed by atoms with E-state index in [4.69, 9.17) is 19.7 Å². The number of rotatable bonds is 4. The zero-order valence-electron chi connectivity index (χ0n) is 16.9. The minimum absolute atomic E-state index is 0.290. The van der Waals surface area contributed by atoms with Crippen molar-refractivity contribution in [2.75, 3.05) is 31.1 Å². The van der Waals surface area contributed by atoms with Gasteiger partial charge in [0.1, 0.15) is 21.2 Å². The van der Waals surface area contributed by atoms with Crippen molar-refractivity contribution < 1.29 is 4.74 Å². The molecule has 152 valence electrons. The maximum atomic E-state index is 6.24. The Morgan fingerprint density at radius 1 is 1.07 bits per heavy atom. The molecule has 1 aliphatic carbocycles. The first-order valence-electron chi connectivity index (χ1n) is 10.6. The molecule has 1 aliphatic heterocycles. The van der Waals surface area contributed by atoms with Crippen molar-refractivity contribution in [3.05, 3.63) is 42.0 Å². The lowest BCUT2D eigenvalue weighted by molar-refractivity contribution is 0.295. The van der Waals surface area contributed by atoms with Crippen molar-refractivity contribution >= 4 is 37.7 Å². The molecule has 2 aliphatic rings. The van der Waals surface area contributed by atoms with Crippen LogP contribution in [0.5, 0.6) is 5.88 Å². The molecule has 30 heavy (non-hydrogen) atoms. The second-order valence-corrected chi connectivity index (χ2v) is 9.03. The van der Waals surface area contributed by atoms with Gasteiger partial charge >= 0.3 is 0 Å². The van der Waals surface area contributed by atoms with Crippen LogP contribution in [0.3, 0.4) is 0 Å². The summed E-state index contributed by atoms with van der Waals surface area (Å²) < 4.78 is 7.25. The monoisotopic (exact) mass is 417 g/mol. The highest BCUT2D eigenvalue weighted by molar-refractivity contribution is 7.25. The SMILES string of the molecule is Cc1cc(-c2ccccc2)nc2sc3c(OC4CC4)nc(N4CCNCC4)nc3c12. The molecule has 4 heterocycles. The Morgan fingerprint density at radius 3 is 2.63 bits per heavy atom. The summed E-state index contributed by atoms with van der Waals surface area (Å²) >= 11 is 1.64. The highest BCUT2D eigenvalue weighted by atomic mass is 32.1. The van der Waals surface area contributed by atoms with Crippen molar-refractivity contribution in [3.63, 3.8) is 0 Å². The molecule has 0 unspecified atom stereocenters. The Labute approximate surface area is 178 Å². The number of nitrogens with zero attached hydrogens (tertiary/aromatic N) is 4. The number of benzene rings is 1. The predicted molar refractivity (Wildman–Crippen MR) is 122 cm³/mol. The van der Waals surface area contributed by atoms with E-state index in [0.717, 1.165) is 82.5 Å². The van der Waals surface area contributed by atoms with Crippen LogP contribution in [0.25, 0.3) is 31.7 Å². The van der Waals surface area contributed by atoms with Crippen LogP contribution in [0.4, 0.5) is 5.95 Å². The number of hydrogen-bond donors (Lipinski definition) is 1. The summed E-state index contributed by atoms with van der Waals surface area (Å²) in [5.41, 5.74) is 4.28. The van der Waals surface area contributed by atoms with E-state index in [1.165, 1.54) is 5.56 Å². The molecule has 6 nitrogen and oxygen atoms in total. The number of hydrogen-bond acceptors (Lipinski definition) is 7. The van der Waals surface area contributed by atoms with Gasteiger partial charge in [0.2, 0.25) is 11.8 Å². The van der Waals surface area contributed by atoms with E-state index in [1.807, 2.05) is 18.2 Å². The van der Waals surface area contributed by atoms with Gasteiger partial charge in [0, 0.05) is 37.1 Å². The molecule has 1 saturated heterocycles. The quantitative estimate of drug-likeness (QED) is 0.538. The zero-order valence-corrected chi connectivity index (χ0v) is 17.7. The first kappa shape index (κ1) is 18.0. The second kappa shape index (κ2) is 7.18. The van der Waals surface area contributed by atoms with Crippen LogP contribution in [0.2, 0.25) is 0 Å². The summed E-state index contributed by atoms with van der Waals surface area (Å²) in [6, 6.07) is 12.5. The van der Waals surface area contributed by atoms with Gasteiger partial charge in [-0.25, -0.2) is 9.97 Å².